The predicted octanol–water partition coefficient (Wildman–Crippen LogP) is 4.32. The smallest absolute Gasteiger partial charge is 0.305 e. The van der Waals surface area contributed by atoms with Crippen molar-refractivity contribution < 1.29 is 14.0 Å². The molecule has 2 amide bonds. The molecule has 5 nitrogen and oxygen atoms in total. The molecule has 1 aromatic heterocycles. The lowest BCUT2D eigenvalue weighted by molar-refractivity contribution is -0.123. The van der Waals surface area contributed by atoms with Crippen LogP contribution in [0.25, 0.3) is 0 Å². The number of thioether (sulfide) groups is 1. The Labute approximate surface area is 192 Å². The third kappa shape index (κ3) is 2.32. The van der Waals surface area contributed by atoms with Gasteiger partial charge in [-0.3, -0.25) is 19.3 Å². The van der Waals surface area contributed by atoms with Gasteiger partial charge in [-0.25, -0.2) is 4.39 Å². The van der Waals surface area contributed by atoms with Crippen LogP contribution in [0.5, 0.6) is 0 Å². The minimum absolute atomic E-state index is 0.00889. The number of rotatable bonds is 1. The first-order chi connectivity index (χ1) is 15.5. The summed E-state index contributed by atoms with van der Waals surface area (Å²) in [5.41, 5.74) is 0.436. The summed E-state index contributed by atoms with van der Waals surface area (Å²) >= 11 is 3.12. The van der Waals surface area contributed by atoms with E-state index in [1.165, 1.54) is 51.8 Å². The molecular formula is C24H23FN2O3S2. The van der Waals surface area contributed by atoms with Crippen LogP contribution < -0.4 is 9.77 Å². The standard InChI is InChI=1S/C24H23FN2O3S2/c25-11-4-6-12(7-5-11)27-21(28)15-13-10-14(16(15)22(27)29)18-17(13)24(8-2-1-3-9-24)19-20(31-18)26-23(30)32-19/h4-7,13-18H,1-3,8-10H2,(H,26,30)/t13-,14+,15-,16+,17+,18+/m0/s1. The fraction of sp³-hybridized carbons (Fsp3) is 0.542. The number of imide groups is 1. The van der Waals surface area contributed by atoms with Gasteiger partial charge in [0.15, 0.2) is 0 Å². The Hall–Kier alpha value is -1.93. The van der Waals surface area contributed by atoms with Crippen molar-refractivity contribution in [2.24, 2.45) is 29.6 Å². The minimum Gasteiger partial charge on any atom is -0.307 e. The molecule has 1 N–H and O–H groups in total. The molecule has 3 aliphatic carbocycles. The highest BCUT2D eigenvalue weighted by molar-refractivity contribution is 8.00. The topological polar surface area (TPSA) is 70.2 Å². The lowest BCUT2D eigenvalue weighted by Crippen LogP contribution is -2.51. The van der Waals surface area contributed by atoms with Crippen molar-refractivity contribution in [2.45, 2.75) is 54.2 Å². The molecule has 2 aromatic rings. The highest BCUT2D eigenvalue weighted by atomic mass is 32.2. The molecule has 1 saturated heterocycles. The van der Waals surface area contributed by atoms with Crippen LogP contribution in [0.2, 0.25) is 0 Å². The van der Waals surface area contributed by atoms with E-state index in [0.717, 1.165) is 37.1 Å². The quantitative estimate of drug-likeness (QED) is 0.630. The Morgan fingerprint density at radius 2 is 1.66 bits per heavy atom. The molecule has 6 atom stereocenters. The third-order valence-electron chi connectivity index (χ3n) is 8.89. The monoisotopic (exact) mass is 470 g/mol. The molecule has 8 heteroatoms. The van der Waals surface area contributed by atoms with Crippen LogP contribution in [-0.4, -0.2) is 22.0 Å². The molecule has 5 aliphatic rings. The Morgan fingerprint density at radius 1 is 0.969 bits per heavy atom. The molecule has 1 spiro atoms. The van der Waals surface area contributed by atoms with E-state index in [1.54, 1.807) is 11.8 Å². The summed E-state index contributed by atoms with van der Waals surface area (Å²) in [6.45, 7) is 0. The highest BCUT2D eigenvalue weighted by Gasteiger charge is 2.72. The van der Waals surface area contributed by atoms with Crippen molar-refractivity contribution in [3.05, 3.63) is 44.6 Å². The zero-order valence-electron chi connectivity index (χ0n) is 17.4. The van der Waals surface area contributed by atoms with Crippen molar-refractivity contribution >= 4 is 40.6 Å². The number of aromatic nitrogens is 1. The van der Waals surface area contributed by atoms with Crippen molar-refractivity contribution in [1.82, 2.24) is 4.98 Å². The van der Waals surface area contributed by atoms with E-state index in [4.69, 9.17) is 0 Å². The molecule has 1 aromatic carbocycles. The number of fused-ring (bicyclic) bond motifs is 11. The fourth-order valence-electron chi connectivity index (χ4n) is 7.92. The van der Waals surface area contributed by atoms with E-state index in [0.29, 0.717) is 11.6 Å². The summed E-state index contributed by atoms with van der Waals surface area (Å²) in [7, 11) is 0. The summed E-state index contributed by atoms with van der Waals surface area (Å²) in [6, 6.07) is 5.67. The zero-order valence-corrected chi connectivity index (χ0v) is 19.0. The SMILES string of the molecule is O=C1[C@@H]2[C@H]3C[C@@H]([C@@H]2C(=O)N1c1ccc(F)cc1)[C@@H]1[C@@H]3Sc2[nH]c(=O)sc2C12CCCCC2. The van der Waals surface area contributed by atoms with Crippen LogP contribution in [0.3, 0.4) is 0 Å². The second kappa shape index (κ2) is 6.56. The van der Waals surface area contributed by atoms with Gasteiger partial charge >= 0.3 is 4.87 Å². The van der Waals surface area contributed by atoms with Crippen LogP contribution in [-0.2, 0) is 15.0 Å². The van der Waals surface area contributed by atoms with E-state index >= 15 is 0 Å². The Kier molecular flexibility index (Phi) is 4.01. The average molecular weight is 471 g/mol. The Morgan fingerprint density at radius 3 is 2.38 bits per heavy atom. The number of carbonyl (C=O) groups excluding carboxylic acids is 2. The maximum atomic E-state index is 13.6. The van der Waals surface area contributed by atoms with Crippen molar-refractivity contribution in [1.29, 1.82) is 0 Å². The largest absolute Gasteiger partial charge is 0.307 e. The molecule has 7 rings (SSSR count). The van der Waals surface area contributed by atoms with Crippen LogP contribution in [0.4, 0.5) is 10.1 Å². The molecule has 2 bridgehead atoms. The summed E-state index contributed by atoms with van der Waals surface area (Å²) < 4.78 is 13.4. The number of hydrogen-bond acceptors (Lipinski definition) is 5. The Bertz CT molecular complexity index is 1200. The second-order valence-corrected chi connectivity index (χ2v) is 12.3. The maximum Gasteiger partial charge on any atom is 0.305 e. The number of H-pyrrole nitrogens is 1. The molecule has 3 saturated carbocycles. The molecule has 2 aliphatic heterocycles. The molecule has 3 heterocycles. The molecular weight excluding hydrogens is 447 g/mol. The van der Waals surface area contributed by atoms with Gasteiger partial charge < -0.3 is 4.98 Å². The molecule has 0 unspecified atom stereocenters. The number of nitrogens with zero attached hydrogens (tertiary/aromatic N) is 1. The highest BCUT2D eigenvalue weighted by Crippen LogP contribution is 2.71. The number of carbonyl (C=O) groups is 2. The van der Waals surface area contributed by atoms with Gasteiger partial charge in [0.2, 0.25) is 11.8 Å². The average Bonchev–Trinajstić information content (AvgIpc) is 3.51. The first-order valence-electron chi connectivity index (χ1n) is 11.5. The number of aromatic amines is 1. The zero-order chi connectivity index (χ0) is 21.8. The number of benzene rings is 1. The van der Waals surface area contributed by atoms with E-state index < -0.39 is 0 Å². The minimum atomic E-state index is -0.380. The first kappa shape index (κ1) is 19.5. The predicted molar refractivity (Wildman–Crippen MR) is 120 cm³/mol. The lowest BCUT2D eigenvalue weighted by Gasteiger charge is -2.52. The summed E-state index contributed by atoms with van der Waals surface area (Å²) in [5.74, 6) is -0.528. The summed E-state index contributed by atoms with van der Waals surface area (Å²) in [5, 5.41) is 1.28. The van der Waals surface area contributed by atoms with Crippen LogP contribution >= 0.6 is 23.1 Å². The third-order valence-corrected chi connectivity index (χ3v) is 11.6. The van der Waals surface area contributed by atoms with Gasteiger partial charge in [0, 0.05) is 15.5 Å². The normalized spacial score (nSPS) is 36.5. The van der Waals surface area contributed by atoms with Gasteiger partial charge in [-0.05, 0) is 61.3 Å². The fourth-order valence-corrected chi connectivity index (χ4v) is 11.1. The van der Waals surface area contributed by atoms with Gasteiger partial charge in [-0.15, -0.1) is 11.8 Å². The van der Waals surface area contributed by atoms with Crippen molar-refractivity contribution in [3.8, 4) is 0 Å². The molecule has 4 fully saturated rings. The van der Waals surface area contributed by atoms with Gasteiger partial charge in [-0.2, -0.15) is 0 Å². The summed E-state index contributed by atoms with van der Waals surface area (Å²) in [4.78, 5) is 45.1. The van der Waals surface area contributed by atoms with Crippen LogP contribution in [0, 0.1) is 35.4 Å². The van der Waals surface area contributed by atoms with Gasteiger partial charge in [0.05, 0.1) is 22.5 Å². The van der Waals surface area contributed by atoms with Gasteiger partial charge in [-0.1, -0.05) is 30.6 Å². The number of nitrogens with one attached hydrogen (secondary N) is 1. The molecule has 0 radical (unpaired) electrons. The molecule has 32 heavy (non-hydrogen) atoms. The summed E-state index contributed by atoms with van der Waals surface area (Å²) in [6.07, 6.45) is 6.59. The number of halogens is 1. The second-order valence-electron chi connectivity index (χ2n) is 10.1. The number of amides is 2. The Balaban J connectivity index is 1.32. The van der Waals surface area contributed by atoms with Crippen LogP contribution in [0.1, 0.15) is 43.4 Å². The van der Waals surface area contributed by atoms with Gasteiger partial charge in [0.25, 0.3) is 0 Å². The number of thiazole rings is 1. The van der Waals surface area contributed by atoms with Crippen LogP contribution in [0.15, 0.2) is 34.1 Å². The van der Waals surface area contributed by atoms with Crippen molar-refractivity contribution in [2.75, 3.05) is 4.90 Å². The lowest BCUT2D eigenvalue weighted by atomic mass is 9.57. The first-order valence-corrected chi connectivity index (χ1v) is 13.2. The number of hydrogen-bond donors (Lipinski definition) is 1. The van der Waals surface area contributed by atoms with Crippen molar-refractivity contribution in [3.63, 3.8) is 0 Å². The van der Waals surface area contributed by atoms with E-state index in [2.05, 4.69) is 4.98 Å². The van der Waals surface area contributed by atoms with E-state index in [9.17, 15) is 18.8 Å². The van der Waals surface area contributed by atoms with Gasteiger partial charge in [0.1, 0.15) is 5.82 Å². The molecule has 166 valence electrons. The number of anilines is 1. The maximum absolute atomic E-state index is 13.6. The van der Waals surface area contributed by atoms with E-state index in [1.807, 2.05) is 0 Å². The van der Waals surface area contributed by atoms with E-state index in [-0.39, 0.29) is 56.8 Å².